The van der Waals surface area contributed by atoms with E-state index in [0.717, 1.165) is 0 Å². The molecule has 1 rings (SSSR count). The van der Waals surface area contributed by atoms with Gasteiger partial charge in [-0.25, -0.2) is 9.59 Å². The second-order valence-electron chi connectivity index (χ2n) is 3.30. The standard InChI is InChI=1S/C11H14O4/c1-7-5-4-6-8(10(12)14-2)9(7)11(13)15-3/h4-5,7H,6H2,1-3H3/t7-/m0/s1. The lowest BCUT2D eigenvalue weighted by Crippen LogP contribution is -2.20. The minimum Gasteiger partial charge on any atom is -0.466 e. The van der Waals surface area contributed by atoms with Crippen LogP contribution in [0.3, 0.4) is 0 Å². The van der Waals surface area contributed by atoms with Crippen LogP contribution in [0.5, 0.6) is 0 Å². The molecule has 0 saturated carbocycles. The van der Waals surface area contributed by atoms with Crippen molar-refractivity contribution in [2.45, 2.75) is 13.3 Å². The van der Waals surface area contributed by atoms with Gasteiger partial charge in [-0.2, -0.15) is 0 Å². The molecule has 0 unspecified atom stereocenters. The van der Waals surface area contributed by atoms with Gasteiger partial charge in [-0.1, -0.05) is 19.1 Å². The molecule has 82 valence electrons. The number of allylic oxidation sites excluding steroid dienone is 2. The van der Waals surface area contributed by atoms with Crippen LogP contribution < -0.4 is 0 Å². The predicted octanol–water partition coefficient (Wildman–Crippen LogP) is 1.22. The van der Waals surface area contributed by atoms with E-state index in [9.17, 15) is 9.59 Å². The van der Waals surface area contributed by atoms with Crippen molar-refractivity contribution < 1.29 is 19.1 Å². The Kier molecular flexibility index (Phi) is 3.66. The van der Waals surface area contributed by atoms with Crippen LogP contribution in [0.1, 0.15) is 13.3 Å². The van der Waals surface area contributed by atoms with Crippen molar-refractivity contribution in [1.82, 2.24) is 0 Å². The molecule has 1 atom stereocenters. The zero-order valence-electron chi connectivity index (χ0n) is 9.07. The number of carbonyl (C=O) groups excluding carboxylic acids is 2. The number of esters is 2. The van der Waals surface area contributed by atoms with E-state index in [-0.39, 0.29) is 5.92 Å². The number of hydrogen-bond donors (Lipinski definition) is 0. The molecule has 0 bridgehead atoms. The minimum absolute atomic E-state index is 0.111. The van der Waals surface area contributed by atoms with Crippen molar-refractivity contribution >= 4 is 11.9 Å². The Balaban J connectivity index is 3.11. The third-order valence-corrected chi connectivity index (χ3v) is 2.36. The van der Waals surface area contributed by atoms with E-state index in [4.69, 9.17) is 0 Å². The largest absolute Gasteiger partial charge is 0.466 e. The average Bonchev–Trinajstić information content (AvgIpc) is 2.26. The van der Waals surface area contributed by atoms with Crippen molar-refractivity contribution in [2.24, 2.45) is 5.92 Å². The highest BCUT2D eigenvalue weighted by Crippen LogP contribution is 2.26. The molecule has 1 aliphatic rings. The van der Waals surface area contributed by atoms with Crippen molar-refractivity contribution in [3.63, 3.8) is 0 Å². The SMILES string of the molecule is COC(=O)C1=C(C(=O)OC)[C@@H](C)C=CC1. The molecular weight excluding hydrogens is 196 g/mol. The zero-order valence-corrected chi connectivity index (χ0v) is 9.07. The quantitative estimate of drug-likeness (QED) is 0.508. The number of ether oxygens (including phenoxy) is 2. The fourth-order valence-electron chi connectivity index (χ4n) is 1.61. The summed E-state index contributed by atoms with van der Waals surface area (Å²) in [6.07, 6.45) is 4.14. The molecule has 0 spiro atoms. The summed E-state index contributed by atoms with van der Waals surface area (Å²) in [4.78, 5) is 22.9. The number of hydrogen-bond acceptors (Lipinski definition) is 4. The first-order valence-corrected chi connectivity index (χ1v) is 4.68. The van der Waals surface area contributed by atoms with Gasteiger partial charge in [0, 0.05) is 5.92 Å². The van der Waals surface area contributed by atoms with Crippen molar-refractivity contribution in [3.05, 3.63) is 23.3 Å². The van der Waals surface area contributed by atoms with Crippen LogP contribution in [0.25, 0.3) is 0 Å². The maximum absolute atomic E-state index is 11.5. The monoisotopic (exact) mass is 210 g/mol. The third kappa shape index (κ3) is 2.26. The van der Waals surface area contributed by atoms with E-state index in [1.807, 2.05) is 19.1 Å². The molecule has 4 heteroatoms. The van der Waals surface area contributed by atoms with Gasteiger partial charge >= 0.3 is 11.9 Å². The minimum atomic E-state index is -0.466. The summed E-state index contributed by atoms with van der Waals surface area (Å²) in [6.45, 7) is 1.84. The molecule has 0 radical (unpaired) electrons. The van der Waals surface area contributed by atoms with E-state index in [1.54, 1.807) is 0 Å². The Morgan fingerprint density at radius 2 is 1.87 bits per heavy atom. The third-order valence-electron chi connectivity index (χ3n) is 2.36. The van der Waals surface area contributed by atoms with Crippen LogP contribution in [0.4, 0.5) is 0 Å². The first kappa shape index (κ1) is 11.5. The molecule has 0 amide bonds. The lowest BCUT2D eigenvalue weighted by atomic mass is 9.89. The molecule has 0 heterocycles. The highest BCUT2D eigenvalue weighted by atomic mass is 16.5. The van der Waals surface area contributed by atoms with E-state index >= 15 is 0 Å². The highest BCUT2D eigenvalue weighted by Gasteiger charge is 2.27. The van der Waals surface area contributed by atoms with Crippen LogP contribution in [0.2, 0.25) is 0 Å². The molecule has 0 N–H and O–H groups in total. The summed E-state index contributed by atoms with van der Waals surface area (Å²) in [7, 11) is 2.60. The maximum Gasteiger partial charge on any atom is 0.334 e. The molecule has 0 aromatic carbocycles. The Hall–Kier alpha value is -1.58. The van der Waals surface area contributed by atoms with Gasteiger partial charge in [0.25, 0.3) is 0 Å². The van der Waals surface area contributed by atoms with Gasteiger partial charge in [-0.05, 0) is 6.42 Å². The topological polar surface area (TPSA) is 52.6 Å². The Labute approximate surface area is 88.6 Å². The number of rotatable bonds is 2. The summed E-state index contributed by atoms with van der Waals surface area (Å²) >= 11 is 0. The maximum atomic E-state index is 11.5. The van der Waals surface area contributed by atoms with E-state index in [2.05, 4.69) is 9.47 Å². The molecule has 0 aliphatic heterocycles. The van der Waals surface area contributed by atoms with Gasteiger partial charge in [0.2, 0.25) is 0 Å². The van der Waals surface area contributed by atoms with Gasteiger partial charge < -0.3 is 9.47 Å². The highest BCUT2D eigenvalue weighted by molar-refractivity contribution is 6.01. The summed E-state index contributed by atoms with van der Waals surface area (Å²) in [5.74, 6) is -1.04. The van der Waals surface area contributed by atoms with E-state index in [1.165, 1.54) is 14.2 Å². The second kappa shape index (κ2) is 4.77. The molecule has 0 fully saturated rings. The second-order valence-corrected chi connectivity index (χ2v) is 3.30. The van der Waals surface area contributed by atoms with Crippen molar-refractivity contribution in [1.29, 1.82) is 0 Å². The summed E-state index contributed by atoms with van der Waals surface area (Å²) in [5.41, 5.74) is 0.784. The Morgan fingerprint density at radius 3 is 2.40 bits per heavy atom. The molecule has 4 nitrogen and oxygen atoms in total. The summed E-state index contributed by atoms with van der Waals surface area (Å²) in [5, 5.41) is 0. The van der Waals surface area contributed by atoms with Crippen molar-refractivity contribution in [2.75, 3.05) is 14.2 Å². The molecule has 0 aromatic heterocycles. The molecule has 15 heavy (non-hydrogen) atoms. The lowest BCUT2D eigenvalue weighted by Gasteiger charge is -2.18. The molecule has 0 aromatic rings. The predicted molar refractivity (Wildman–Crippen MR) is 54.0 cm³/mol. The number of carbonyl (C=O) groups is 2. The van der Waals surface area contributed by atoms with E-state index in [0.29, 0.717) is 17.6 Å². The molecular formula is C11H14O4. The summed E-state index contributed by atoms with van der Waals surface area (Å²) < 4.78 is 9.27. The lowest BCUT2D eigenvalue weighted by molar-refractivity contribution is -0.139. The number of methoxy groups -OCH3 is 2. The van der Waals surface area contributed by atoms with Crippen LogP contribution in [-0.2, 0) is 19.1 Å². The molecule has 1 aliphatic carbocycles. The Bertz CT molecular complexity index is 338. The normalized spacial score (nSPS) is 20.1. The zero-order chi connectivity index (χ0) is 11.4. The van der Waals surface area contributed by atoms with Gasteiger partial charge in [0.15, 0.2) is 0 Å². The van der Waals surface area contributed by atoms with Crippen LogP contribution >= 0.6 is 0 Å². The average molecular weight is 210 g/mol. The van der Waals surface area contributed by atoms with Gasteiger partial charge in [0.05, 0.1) is 25.4 Å². The van der Waals surface area contributed by atoms with Crippen LogP contribution in [0, 0.1) is 5.92 Å². The Morgan fingerprint density at radius 1 is 1.27 bits per heavy atom. The van der Waals surface area contributed by atoms with Gasteiger partial charge in [-0.15, -0.1) is 0 Å². The van der Waals surface area contributed by atoms with Crippen molar-refractivity contribution in [3.8, 4) is 0 Å². The first-order valence-electron chi connectivity index (χ1n) is 4.68. The van der Waals surface area contributed by atoms with Gasteiger partial charge in [0.1, 0.15) is 0 Å². The van der Waals surface area contributed by atoms with E-state index < -0.39 is 11.9 Å². The van der Waals surface area contributed by atoms with Crippen LogP contribution in [0.15, 0.2) is 23.3 Å². The summed E-state index contributed by atoms with van der Waals surface area (Å²) in [6, 6.07) is 0. The fraction of sp³-hybridized carbons (Fsp3) is 0.455. The fourth-order valence-corrected chi connectivity index (χ4v) is 1.61. The smallest absolute Gasteiger partial charge is 0.334 e. The first-order chi connectivity index (χ1) is 7.11. The van der Waals surface area contributed by atoms with Crippen LogP contribution in [-0.4, -0.2) is 26.2 Å². The van der Waals surface area contributed by atoms with Gasteiger partial charge in [-0.3, -0.25) is 0 Å². The molecule has 0 saturated heterocycles.